The molecule has 0 radical (unpaired) electrons. The summed E-state index contributed by atoms with van der Waals surface area (Å²) in [4.78, 5) is 0. The largest absolute Gasteiger partial charge is 0.396 e. The third kappa shape index (κ3) is 27.7. The Morgan fingerprint density at radius 2 is 1.20 bits per heavy atom. The molecule has 0 amide bonds. The highest BCUT2D eigenvalue weighted by atomic mass is 16.3. The lowest BCUT2D eigenvalue weighted by Crippen LogP contribution is -2.11. The summed E-state index contributed by atoms with van der Waals surface area (Å²) in [7, 11) is 0. The lowest BCUT2D eigenvalue weighted by atomic mass is 9.86. The summed E-state index contributed by atoms with van der Waals surface area (Å²) < 4.78 is 0. The number of unbranched alkanes of at least 4 members (excludes halogenated alkanes) is 2. The molecule has 0 heterocycles. The molecule has 1 heteroatoms. The monoisotopic (exact) mass is 431 g/mol. The van der Waals surface area contributed by atoms with E-state index in [9.17, 15) is 5.11 Å². The predicted molar refractivity (Wildman–Crippen MR) is 145 cm³/mol. The van der Waals surface area contributed by atoms with Crippen LogP contribution in [0.15, 0.2) is 12.7 Å². The molecule has 1 aliphatic carbocycles. The number of aliphatic hydroxyl groups is 1. The standard InChI is InChI=1S/C16H30O.C5H12.4C2H6/c1-5-14(11-17)9-16-7-6-15(10-16)8-13(4)12(2)3;1-3-5-4-2;4*1-2/h5,12-17H,1,6-11H2,2-4H3;3-5H2,1-2H3;4*1-2H3. The molecule has 4 atom stereocenters. The number of hydrogen-bond donors (Lipinski definition) is 1. The molecule has 0 aromatic rings. The van der Waals surface area contributed by atoms with Crippen molar-refractivity contribution in [1.29, 1.82) is 0 Å². The predicted octanol–water partition coefficient (Wildman–Crippen LogP) is 10.6. The van der Waals surface area contributed by atoms with Gasteiger partial charge >= 0.3 is 0 Å². The summed E-state index contributed by atoms with van der Waals surface area (Å²) in [5.74, 6) is 3.75. The normalized spacial score (nSPS) is 18.2. The Morgan fingerprint density at radius 3 is 1.47 bits per heavy atom. The van der Waals surface area contributed by atoms with E-state index < -0.39 is 0 Å². The molecule has 1 nitrogen and oxygen atoms in total. The zero-order valence-electron chi connectivity index (χ0n) is 24.0. The smallest absolute Gasteiger partial charge is 0.0493 e. The quantitative estimate of drug-likeness (QED) is 0.360. The first kappa shape index (κ1) is 40.1. The van der Waals surface area contributed by atoms with Crippen molar-refractivity contribution in [2.45, 2.75) is 141 Å². The first-order valence-electron chi connectivity index (χ1n) is 13.7. The van der Waals surface area contributed by atoms with Gasteiger partial charge in [0, 0.05) is 6.61 Å². The molecule has 0 bridgehead atoms. The molecule has 0 saturated heterocycles. The van der Waals surface area contributed by atoms with Crippen molar-refractivity contribution in [3.05, 3.63) is 12.7 Å². The summed E-state index contributed by atoms with van der Waals surface area (Å²) in [6.07, 6.45) is 12.7. The van der Waals surface area contributed by atoms with E-state index in [1.807, 2.05) is 61.5 Å². The van der Waals surface area contributed by atoms with Crippen molar-refractivity contribution < 1.29 is 5.11 Å². The van der Waals surface area contributed by atoms with Gasteiger partial charge in [-0.1, -0.05) is 128 Å². The average Bonchev–Trinajstić information content (AvgIpc) is 3.25. The first-order chi connectivity index (χ1) is 14.5. The Kier molecular flexibility index (Phi) is 48.2. The molecule has 1 aliphatic rings. The van der Waals surface area contributed by atoms with Crippen LogP contribution >= 0.6 is 0 Å². The fraction of sp³-hybridized carbons (Fsp3) is 0.931. The SMILES string of the molecule is C=CC(CO)CC1CCC(CC(C)C(C)C)C1.CC.CC.CC.CC.CCCCC. The fourth-order valence-corrected chi connectivity index (χ4v) is 3.43. The highest BCUT2D eigenvalue weighted by Gasteiger charge is 2.27. The van der Waals surface area contributed by atoms with Crippen molar-refractivity contribution in [3.63, 3.8) is 0 Å². The second kappa shape index (κ2) is 36.1. The molecule has 4 unspecified atom stereocenters. The maximum Gasteiger partial charge on any atom is 0.0493 e. The molecule has 1 fully saturated rings. The maximum atomic E-state index is 9.20. The highest BCUT2D eigenvalue weighted by Crippen LogP contribution is 2.39. The van der Waals surface area contributed by atoms with Crippen LogP contribution in [0, 0.1) is 29.6 Å². The zero-order valence-corrected chi connectivity index (χ0v) is 24.0. The number of rotatable bonds is 9. The Bertz CT molecular complexity index is 257. The second-order valence-corrected chi connectivity index (χ2v) is 7.77. The molecule has 0 spiro atoms. The van der Waals surface area contributed by atoms with E-state index in [-0.39, 0.29) is 6.61 Å². The van der Waals surface area contributed by atoms with Gasteiger partial charge in [0.05, 0.1) is 0 Å². The summed E-state index contributed by atoms with van der Waals surface area (Å²) >= 11 is 0. The van der Waals surface area contributed by atoms with Crippen LogP contribution in [-0.2, 0) is 0 Å². The molecule has 1 rings (SSSR count). The molecule has 0 aromatic heterocycles. The number of hydrogen-bond acceptors (Lipinski definition) is 1. The Labute approximate surface area is 195 Å². The van der Waals surface area contributed by atoms with Gasteiger partial charge in [0.15, 0.2) is 0 Å². The number of aliphatic hydroxyl groups excluding tert-OH is 1. The minimum atomic E-state index is 0.271. The van der Waals surface area contributed by atoms with Crippen LogP contribution in [0.1, 0.15) is 141 Å². The van der Waals surface area contributed by atoms with Crippen LogP contribution in [0.4, 0.5) is 0 Å². The maximum absolute atomic E-state index is 9.20. The van der Waals surface area contributed by atoms with Crippen molar-refractivity contribution in [3.8, 4) is 0 Å². The van der Waals surface area contributed by atoms with Gasteiger partial charge in [0.25, 0.3) is 0 Å². The minimum Gasteiger partial charge on any atom is -0.396 e. The van der Waals surface area contributed by atoms with E-state index in [4.69, 9.17) is 0 Å². The zero-order chi connectivity index (χ0) is 25.0. The van der Waals surface area contributed by atoms with Gasteiger partial charge in [0.2, 0.25) is 0 Å². The van der Waals surface area contributed by atoms with Crippen molar-refractivity contribution in [2.24, 2.45) is 29.6 Å². The molecule has 188 valence electrons. The molecule has 0 aromatic carbocycles. The van der Waals surface area contributed by atoms with E-state index in [0.717, 1.165) is 30.1 Å². The Balaban J connectivity index is -0.000000134. The van der Waals surface area contributed by atoms with E-state index in [1.165, 1.54) is 44.9 Å². The van der Waals surface area contributed by atoms with Gasteiger partial charge in [0.1, 0.15) is 0 Å². The van der Waals surface area contributed by atoms with E-state index in [1.54, 1.807) is 0 Å². The molecular weight excluding hydrogens is 364 g/mol. The van der Waals surface area contributed by atoms with Gasteiger partial charge in [-0.2, -0.15) is 0 Å². The van der Waals surface area contributed by atoms with Crippen LogP contribution in [0.3, 0.4) is 0 Å². The van der Waals surface area contributed by atoms with Crippen LogP contribution in [0.25, 0.3) is 0 Å². The van der Waals surface area contributed by atoms with Crippen LogP contribution in [0.5, 0.6) is 0 Å². The van der Waals surface area contributed by atoms with Gasteiger partial charge in [-0.15, -0.1) is 6.58 Å². The van der Waals surface area contributed by atoms with E-state index >= 15 is 0 Å². The van der Waals surface area contributed by atoms with E-state index in [2.05, 4.69) is 41.2 Å². The first-order valence-corrected chi connectivity index (χ1v) is 13.7. The molecule has 1 N–H and O–H groups in total. The lowest BCUT2D eigenvalue weighted by Gasteiger charge is -2.20. The molecule has 30 heavy (non-hydrogen) atoms. The topological polar surface area (TPSA) is 20.2 Å². The van der Waals surface area contributed by atoms with Gasteiger partial charge < -0.3 is 5.11 Å². The third-order valence-corrected chi connectivity index (χ3v) is 5.40. The third-order valence-electron chi connectivity index (χ3n) is 5.40. The Morgan fingerprint density at radius 1 is 0.800 bits per heavy atom. The van der Waals surface area contributed by atoms with Gasteiger partial charge in [-0.3, -0.25) is 0 Å². The van der Waals surface area contributed by atoms with E-state index in [0.29, 0.717) is 5.92 Å². The Hall–Kier alpha value is -0.300. The van der Waals surface area contributed by atoms with Gasteiger partial charge in [-0.25, -0.2) is 0 Å². The second-order valence-electron chi connectivity index (χ2n) is 7.77. The van der Waals surface area contributed by atoms with Crippen molar-refractivity contribution >= 4 is 0 Å². The van der Waals surface area contributed by atoms with Crippen molar-refractivity contribution in [1.82, 2.24) is 0 Å². The van der Waals surface area contributed by atoms with Crippen LogP contribution < -0.4 is 0 Å². The average molecular weight is 431 g/mol. The fourth-order valence-electron chi connectivity index (χ4n) is 3.43. The minimum absolute atomic E-state index is 0.271. The summed E-state index contributed by atoms with van der Waals surface area (Å²) in [5.41, 5.74) is 0. The van der Waals surface area contributed by atoms with Crippen LogP contribution in [0.2, 0.25) is 0 Å². The highest BCUT2D eigenvalue weighted by molar-refractivity contribution is 4.85. The van der Waals surface area contributed by atoms with Gasteiger partial charge in [-0.05, 0) is 48.9 Å². The van der Waals surface area contributed by atoms with Crippen LogP contribution in [-0.4, -0.2) is 11.7 Å². The lowest BCUT2D eigenvalue weighted by molar-refractivity contribution is 0.227. The molecular formula is C29H66O. The summed E-state index contributed by atoms with van der Waals surface area (Å²) in [5, 5.41) is 9.20. The summed E-state index contributed by atoms with van der Waals surface area (Å²) in [6, 6.07) is 0. The van der Waals surface area contributed by atoms with Crippen molar-refractivity contribution in [2.75, 3.05) is 6.61 Å². The molecule has 0 aliphatic heterocycles. The molecule has 1 saturated carbocycles. The summed E-state index contributed by atoms with van der Waals surface area (Å²) in [6.45, 7) is 31.5.